The summed E-state index contributed by atoms with van der Waals surface area (Å²) in [4.78, 5) is 0. The van der Waals surface area contributed by atoms with Gasteiger partial charge in [0.05, 0.1) is 11.1 Å². The molecule has 0 heterocycles. The first-order chi connectivity index (χ1) is 8.99. The van der Waals surface area contributed by atoms with E-state index in [9.17, 15) is 5.11 Å². The molecule has 0 bridgehead atoms. The molecule has 0 spiro atoms. The zero-order valence-corrected chi connectivity index (χ0v) is 12.3. The fourth-order valence-electron chi connectivity index (χ4n) is 1.41. The lowest BCUT2D eigenvalue weighted by Crippen LogP contribution is -2.32. The molecule has 1 rings (SSSR count). The first kappa shape index (κ1) is 16.5. The number of rotatable bonds is 8. The van der Waals surface area contributed by atoms with Crippen molar-refractivity contribution in [1.82, 2.24) is 5.32 Å². The Morgan fingerprint density at radius 1 is 1.32 bits per heavy atom. The molecule has 2 unspecified atom stereocenters. The fraction of sp³-hybridized carbons (Fsp3) is 0.538. The summed E-state index contributed by atoms with van der Waals surface area (Å²) in [5.74, 6) is 0.456. The highest BCUT2D eigenvalue weighted by Crippen LogP contribution is 2.27. The molecule has 2 atom stereocenters. The van der Waals surface area contributed by atoms with Crippen molar-refractivity contribution in [2.24, 2.45) is 0 Å². The summed E-state index contributed by atoms with van der Waals surface area (Å²) < 4.78 is 5.40. The Hall–Kier alpha value is -0.520. The standard InChI is InChI=1S/C13H19Cl2NO3/c1-9(17)4-5-16-7-11(18)8-19-13-6-10(14)2-3-12(13)15/h2-3,6,9,11,16-18H,4-5,7-8H2,1H3. The Morgan fingerprint density at radius 2 is 2.05 bits per heavy atom. The summed E-state index contributed by atoms with van der Waals surface area (Å²) in [6, 6.07) is 4.93. The second-order valence-corrected chi connectivity index (χ2v) is 5.23. The Balaban J connectivity index is 2.26. The molecule has 0 radical (unpaired) electrons. The zero-order chi connectivity index (χ0) is 14.3. The molecule has 1 aromatic carbocycles. The SMILES string of the molecule is CC(O)CCNCC(O)COc1cc(Cl)ccc1Cl. The highest BCUT2D eigenvalue weighted by atomic mass is 35.5. The second-order valence-electron chi connectivity index (χ2n) is 4.38. The molecule has 0 aliphatic carbocycles. The molecule has 0 aliphatic heterocycles. The maximum atomic E-state index is 9.71. The predicted octanol–water partition coefficient (Wildman–Crippen LogP) is 2.09. The quantitative estimate of drug-likeness (QED) is 0.644. The lowest BCUT2D eigenvalue weighted by molar-refractivity contribution is 0.105. The summed E-state index contributed by atoms with van der Waals surface area (Å²) in [6.45, 7) is 2.89. The minimum absolute atomic E-state index is 0.127. The van der Waals surface area contributed by atoms with Crippen molar-refractivity contribution in [2.45, 2.75) is 25.6 Å². The first-order valence-corrected chi connectivity index (χ1v) is 6.89. The number of ether oxygens (including phenoxy) is 1. The number of hydrogen-bond donors (Lipinski definition) is 3. The molecule has 19 heavy (non-hydrogen) atoms. The van der Waals surface area contributed by atoms with E-state index in [1.807, 2.05) is 0 Å². The van der Waals surface area contributed by atoms with Crippen LogP contribution in [0.2, 0.25) is 10.0 Å². The number of aliphatic hydroxyl groups excluding tert-OH is 2. The van der Waals surface area contributed by atoms with E-state index < -0.39 is 6.10 Å². The van der Waals surface area contributed by atoms with Gasteiger partial charge in [-0.25, -0.2) is 0 Å². The van der Waals surface area contributed by atoms with Gasteiger partial charge in [-0.05, 0) is 32.0 Å². The van der Waals surface area contributed by atoms with Gasteiger partial charge in [0, 0.05) is 17.6 Å². The Bertz CT molecular complexity index is 388. The van der Waals surface area contributed by atoms with E-state index >= 15 is 0 Å². The molecule has 0 aliphatic rings. The Kier molecular flexibility index (Phi) is 7.49. The number of nitrogens with one attached hydrogen (secondary N) is 1. The number of halogens is 2. The first-order valence-electron chi connectivity index (χ1n) is 6.13. The van der Waals surface area contributed by atoms with Gasteiger partial charge in [0.2, 0.25) is 0 Å². The van der Waals surface area contributed by atoms with Crippen molar-refractivity contribution >= 4 is 23.2 Å². The van der Waals surface area contributed by atoms with Crippen LogP contribution in [-0.2, 0) is 0 Å². The molecule has 0 amide bonds. The normalized spacial score (nSPS) is 14.2. The van der Waals surface area contributed by atoms with E-state index in [1.54, 1.807) is 25.1 Å². The minimum atomic E-state index is -0.649. The van der Waals surface area contributed by atoms with Gasteiger partial charge in [-0.1, -0.05) is 23.2 Å². The third-order valence-electron chi connectivity index (χ3n) is 2.44. The van der Waals surface area contributed by atoms with Crippen LogP contribution < -0.4 is 10.1 Å². The van der Waals surface area contributed by atoms with Crippen LogP contribution in [0.25, 0.3) is 0 Å². The fourth-order valence-corrected chi connectivity index (χ4v) is 1.75. The van der Waals surface area contributed by atoms with Crippen LogP contribution in [0, 0.1) is 0 Å². The van der Waals surface area contributed by atoms with Gasteiger partial charge in [0.25, 0.3) is 0 Å². The van der Waals surface area contributed by atoms with Crippen molar-refractivity contribution in [3.05, 3.63) is 28.2 Å². The predicted molar refractivity (Wildman–Crippen MR) is 77.1 cm³/mol. The van der Waals surface area contributed by atoms with E-state index in [0.29, 0.717) is 35.3 Å². The second kappa shape index (κ2) is 8.61. The number of aliphatic hydroxyl groups is 2. The largest absolute Gasteiger partial charge is 0.489 e. The van der Waals surface area contributed by atoms with Crippen molar-refractivity contribution in [2.75, 3.05) is 19.7 Å². The monoisotopic (exact) mass is 307 g/mol. The summed E-state index contributed by atoms with van der Waals surface area (Å²) in [5, 5.41) is 22.8. The average molecular weight is 308 g/mol. The van der Waals surface area contributed by atoms with Gasteiger partial charge >= 0.3 is 0 Å². The third-order valence-corrected chi connectivity index (χ3v) is 2.99. The highest BCUT2D eigenvalue weighted by Gasteiger charge is 2.08. The lowest BCUT2D eigenvalue weighted by Gasteiger charge is -2.14. The summed E-state index contributed by atoms with van der Waals surface area (Å²) >= 11 is 11.8. The van der Waals surface area contributed by atoms with Gasteiger partial charge in [-0.3, -0.25) is 0 Å². The average Bonchev–Trinajstić information content (AvgIpc) is 2.35. The van der Waals surface area contributed by atoms with Gasteiger partial charge in [-0.2, -0.15) is 0 Å². The molecular weight excluding hydrogens is 289 g/mol. The van der Waals surface area contributed by atoms with Crippen molar-refractivity contribution in [3.63, 3.8) is 0 Å². The smallest absolute Gasteiger partial charge is 0.139 e. The van der Waals surface area contributed by atoms with Crippen LogP contribution in [0.15, 0.2) is 18.2 Å². The molecule has 1 aromatic rings. The van der Waals surface area contributed by atoms with E-state index in [2.05, 4.69) is 5.32 Å². The van der Waals surface area contributed by atoms with Crippen LogP contribution in [0.3, 0.4) is 0 Å². The molecule has 3 N–H and O–H groups in total. The van der Waals surface area contributed by atoms with Gasteiger partial charge in [0.15, 0.2) is 0 Å². The Labute approximate surface area is 123 Å². The molecule has 0 saturated carbocycles. The molecule has 0 fully saturated rings. The van der Waals surface area contributed by atoms with Crippen molar-refractivity contribution in [1.29, 1.82) is 0 Å². The zero-order valence-electron chi connectivity index (χ0n) is 10.8. The summed E-state index contributed by atoms with van der Waals surface area (Å²) in [7, 11) is 0. The molecular formula is C13H19Cl2NO3. The van der Waals surface area contributed by atoms with Gasteiger partial charge in [0.1, 0.15) is 18.5 Å². The van der Waals surface area contributed by atoms with Crippen molar-refractivity contribution < 1.29 is 14.9 Å². The van der Waals surface area contributed by atoms with Crippen molar-refractivity contribution in [3.8, 4) is 5.75 Å². The maximum Gasteiger partial charge on any atom is 0.139 e. The van der Waals surface area contributed by atoms with Gasteiger partial charge < -0.3 is 20.3 Å². The Morgan fingerprint density at radius 3 is 2.74 bits per heavy atom. The summed E-state index contributed by atoms with van der Waals surface area (Å²) in [5.41, 5.74) is 0. The third kappa shape index (κ3) is 6.99. The van der Waals surface area contributed by atoms with E-state index in [-0.39, 0.29) is 12.7 Å². The van der Waals surface area contributed by atoms with E-state index in [1.165, 1.54) is 0 Å². The molecule has 0 saturated heterocycles. The molecule has 4 nitrogen and oxygen atoms in total. The minimum Gasteiger partial charge on any atom is -0.489 e. The molecule has 108 valence electrons. The number of benzene rings is 1. The van der Waals surface area contributed by atoms with Gasteiger partial charge in [-0.15, -0.1) is 0 Å². The van der Waals surface area contributed by atoms with E-state index in [0.717, 1.165) is 0 Å². The lowest BCUT2D eigenvalue weighted by atomic mass is 10.3. The molecule has 6 heteroatoms. The highest BCUT2D eigenvalue weighted by molar-refractivity contribution is 6.34. The van der Waals surface area contributed by atoms with Crippen LogP contribution in [0.1, 0.15) is 13.3 Å². The van der Waals surface area contributed by atoms with Crippen LogP contribution in [0.4, 0.5) is 0 Å². The topological polar surface area (TPSA) is 61.7 Å². The van der Waals surface area contributed by atoms with E-state index in [4.69, 9.17) is 33.0 Å². The summed E-state index contributed by atoms with van der Waals surface area (Å²) in [6.07, 6.45) is -0.344. The number of hydrogen-bond acceptors (Lipinski definition) is 4. The van der Waals surface area contributed by atoms with Crippen LogP contribution in [0.5, 0.6) is 5.75 Å². The maximum absolute atomic E-state index is 9.71. The van der Waals surface area contributed by atoms with Crippen LogP contribution in [-0.4, -0.2) is 42.1 Å². The van der Waals surface area contributed by atoms with Crippen LogP contribution >= 0.6 is 23.2 Å². The molecule has 0 aromatic heterocycles.